The van der Waals surface area contributed by atoms with E-state index in [0.717, 1.165) is 47.5 Å². The van der Waals surface area contributed by atoms with E-state index in [0.29, 0.717) is 0 Å². The number of rotatable bonds is 12. The first-order valence-electron chi connectivity index (χ1n) is 16.7. The number of carboxylic acid groups (broad SMARTS) is 4. The first-order chi connectivity index (χ1) is 27.5. The van der Waals surface area contributed by atoms with Crippen LogP contribution in [0.15, 0.2) is 83.2 Å². The molecule has 6 atom stereocenters. The molecule has 20 nitrogen and oxygen atoms in total. The van der Waals surface area contributed by atoms with E-state index in [-0.39, 0.29) is 92.9 Å². The Morgan fingerprint density at radius 2 is 0.950 bits per heavy atom. The molecule has 0 bridgehead atoms. The third kappa shape index (κ3) is 9.92. The molecule has 4 heterocycles. The zero-order valence-corrected chi connectivity index (χ0v) is 37.6. The third-order valence-electron chi connectivity index (χ3n) is 9.07. The summed E-state index contributed by atoms with van der Waals surface area (Å²) in [5.41, 5.74) is -1.18. The van der Waals surface area contributed by atoms with Crippen LogP contribution in [0.1, 0.15) is 23.0 Å². The molecule has 60 heavy (non-hydrogen) atoms. The average molecular weight is 885 g/mol. The van der Waals surface area contributed by atoms with Crippen molar-refractivity contribution in [2.45, 2.75) is 34.7 Å². The number of hydrogen-bond donors (Lipinski definition) is 4. The molecule has 2 aromatic rings. The van der Waals surface area contributed by atoms with Crippen molar-refractivity contribution < 1.29 is 137 Å². The number of β-lactam (4-membered cyclic amide) rings is 2. The van der Waals surface area contributed by atoms with E-state index >= 15 is 0 Å². The number of nitrogens with one attached hydrogen (secondary N) is 2. The summed E-state index contributed by atoms with van der Waals surface area (Å²) in [5, 5.41) is 45.0. The fourth-order valence-corrected chi connectivity index (χ4v) is 9.01. The Hall–Kier alpha value is -4.68. The van der Waals surface area contributed by atoms with Gasteiger partial charge < -0.3 is 50.1 Å². The molecule has 6 rings (SSSR count). The third-order valence-corrected chi connectivity index (χ3v) is 11.6. The summed E-state index contributed by atoms with van der Waals surface area (Å²) in [6, 6.07) is 13.3. The number of ether oxygens (including phenoxy) is 2. The van der Waals surface area contributed by atoms with Crippen LogP contribution >= 0.6 is 23.5 Å². The van der Waals surface area contributed by atoms with Gasteiger partial charge in [0.15, 0.2) is 11.8 Å². The van der Waals surface area contributed by atoms with Gasteiger partial charge in [-0.05, 0) is 11.1 Å². The van der Waals surface area contributed by atoms with Crippen molar-refractivity contribution in [2.24, 2.45) is 0 Å². The Balaban J connectivity index is 0.000000310. The van der Waals surface area contributed by atoms with Crippen LogP contribution in [-0.2, 0) is 57.4 Å². The van der Waals surface area contributed by atoms with E-state index < -0.39 is 106 Å². The molecule has 0 aliphatic carbocycles. The number of methoxy groups -OCH3 is 2. The van der Waals surface area contributed by atoms with Crippen molar-refractivity contribution in [3.63, 3.8) is 0 Å². The van der Waals surface area contributed by atoms with Crippen molar-refractivity contribution in [1.82, 2.24) is 20.4 Å². The standard InChI is InChI=1S/2C18H16N2O8S.2Na/c2*1-28-18(27)9-7-29-15-11(14(22)20(15)12(9)17(25)26)19-13(21)10(16(23)24)8-5-3-2-4-6-8;;/h2*2-6,10-11,15H,7H2,1H3,(H,19,21)(H,23,24)(H,25,26);;/q;;2*+1/p-2/t2*10?,11?,15-;;/m11../s1. The Morgan fingerprint density at radius 1 is 0.633 bits per heavy atom. The molecular formula is C36H30N4Na2O16S2. The first-order valence-corrected chi connectivity index (χ1v) is 18.8. The molecule has 2 fully saturated rings. The monoisotopic (exact) mass is 884 g/mol. The van der Waals surface area contributed by atoms with Crippen LogP contribution in [0.25, 0.3) is 0 Å². The molecule has 0 saturated carbocycles. The minimum absolute atomic E-state index is 0. The molecule has 4 aliphatic rings. The van der Waals surface area contributed by atoms with Crippen LogP contribution in [0.2, 0.25) is 0 Å². The van der Waals surface area contributed by atoms with E-state index in [9.17, 15) is 68.4 Å². The number of fused-ring (bicyclic) bond motifs is 2. The van der Waals surface area contributed by atoms with Crippen LogP contribution in [-0.4, -0.2) is 128 Å². The summed E-state index contributed by atoms with van der Waals surface area (Å²) < 4.78 is 9.07. The molecule has 4 aliphatic heterocycles. The Morgan fingerprint density at radius 3 is 1.22 bits per heavy atom. The molecule has 0 spiro atoms. The fourth-order valence-electron chi connectivity index (χ4n) is 6.35. The Labute approximate surface area is 392 Å². The van der Waals surface area contributed by atoms with Crippen molar-refractivity contribution in [2.75, 3.05) is 25.7 Å². The largest absolute Gasteiger partial charge is 1.00 e. The van der Waals surface area contributed by atoms with Gasteiger partial charge in [0.2, 0.25) is 11.8 Å². The minimum atomic E-state index is -1.72. The molecule has 0 aromatic heterocycles. The molecule has 304 valence electrons. The average Bonchev–Trinajstić information content (AvgIpc) is 3.20. The number of amides is 4. The first kappa shape index (κ1) is 49.7. The van der Waals surface area contributed by atoms with Crippen molar-refractivity contribution in [3.05, 3.63) is 94.3 Å². The molecule has 4 amide bonds. The van der Waals surface area contributed by atoms with Gasteiger partial charge in [0.05, 0.1) is 48.7 Å². The zero-order chi connectivity index (χ0) is 42.6. The number of carboxylic acids is 4. The van der Waals surface area contributed by atoms with Crippen LogP contribution < -0.4 is 80.0 Å². The number of aliphatic carboxylic acids is 4. The van der Waals surface area contributed by atoms with Crippen LogP contribution in [0.3, 0.4) is 0 Å². The van der Waals surface area contributed by atoms with E-state index in [1.165, 1.54) is 24.3 Å². The Bertz CT molecular complexity index is 2020. The van der Waals surface area contributed by atoms with Crippen LogP contribution in [0.4, 0.5) is 0 Å². The number of hydrogen-bond acceptors (Lipinski definition) is 16. The number of esters is 2. The van der Waals surface area contributed by atoms with E-state index in [2.05, 4.69) is 20.1 Å². The summed E-state index contributed by atoms with van der Waals surface area (Å²) in [5.74, 6) is -14.6. The topological polar surface area (TPSA) is 306 Å². The molecular weight excluding hydrogens is 855 g/mol. The van der Waals surface area contributed by atoms with Gasteiger partial charge in [0.25, 0.3) is 11.8 Å². The van der Waals surface area contributed by atoms with Gasteiger partial charge in [-0.2, -0.15) is 0 Å². The van der Waals surface area contributed by atoms with Crippen molar-refractivity contribution in [3.8, 4) is 0 Å². The second-order valence-corrected chi connectivity index (χ2v) is 14.6. The number of benzene rings is 2. The van der Waals surface area contributed by atoms with Gasteiger partial charge in [-0.1, -0.05) is 60.7 Å². The van der Waals surface area contributed by atoms with Gasteiger partial charge >= 0.3 is 83.0 Å². The SMILES string of the molecule is COC(=O)C1=C(C(=O)[O-])N2C(=O)C(NC(=O)C(C(=O)O)c3ccccc3)[C@H]2SC1.COC(=O)C1=C(C(=O)[O-])N2C(=O)C(NC(=O)C(C(=O)O)c3ccccc3)[C@H]2SC1.[Na+].[Na+]. The molecule has 24 heteroatoms. The van der Waals surface area contributed by atoms with Gasteiger partial charge in [0, 0.05) is 11.5 Å². The second kappa shape index (κ2) is 21.2. The van der Waals surface area contributed by atoms with Gasteiger partial charge in [0.1, 0.15) is 22.8 Å². The molecule has 0 radical (unpaired) electrons. The maximum Gasteiger partial charge on any atom is 1.00 e. The van der Waals surface area contributed by atoms with E-state index in [1.54, 1.807) is 36.4 Å². The minimum Gasteiger partial charge on any atom is -0.543 e. The predicted octanol–water partition coefficient (Wildman–Crippen LogP) is -9.13. The predicted molar refractivity (Wildman–Crippen MR) is 192 cm³/mol. The van der Waals surface area contributed by atoms with E-state index in [1.807, 2.05) is 0 Å². The molecule has 2 saturated heterocycles. The summed E-state index contributed by atoms with van der Waals surface area (Å²) in [6.07, 6.45) is 0. The Kier molecular flexibility index (Phi) is 17.6. The quantitative estimate of drug-likeness (QED) is 0.0666. The summed E-state index contributed by atoms with van der Waals surface area (Å²) in [4.78, 5) is 122. The van der Waals surface area contributed by atoms with Crippen LogP contribution in [0, 0.1) is 0 Å². The fraction of sp³-hybridized carbons (Fsp3) is 0.278. The summed E-state index contributed by atoms with van der Waals surface area (Å²) in [6.45, 7) is 0. The maximum absolute atomic E-state index is 12.6. The number of carbonyl (C=O) groups is 10. The summed E-state index contributed by atoms with van der Waals surface area (Å²) in [7, 11) is 2.16. The molecule has 4 unspecified atom stereocenters. The number of nitrogens with zero attached hydrogens (tertiary/aromatic N) is 2. The summed E-state index contributed by atoms with van der Waals surface area (Å²) >= 11 is 2.10. The smallest absolute Gasteiger partial charge is 0.543 e. The van der Waals surface area contributed by atoms with Gasteiger partial charge in [-0.3, -0.25) is 38.6 Å². The van der Waals surface area contributed by atoms with Gasteiger partial charge in [-0.15, -0.1) is 23.5 Å². The van der Waals surface area contributed by atoms with Crippen LogP contribution in [0.5, 0.6) is 0 Å². The van der Waals surface area contributed by atoms with Crippen molar-refractivity contribution >= 4 is 83.0 Å². The van der Waals surface area contributed by atoms with Crippen molar-refractivity contribution in [1.29, 1.82) is 0 Å². The zero-order valence-electron chi connectivity index (χ0n) is 32.0. The number of carbonyl (C=O) groups excluding carboxylic acids is 8. The van der Waals surface area contributed by atoms with E-state index in [4.69, 9.17) is 0 Å². The normalized spacial score (nSPS) is 20.8. The second-order valence-electron chi connectivity index (χ2n) is 12.4. The number of thioether (sulfide) groups is 2. The molecule has 4 N–H and O–H groups in total. The molecule has 2 aromatic carbocycles. The maximum atomic E-state index is 12.6. The van der Waals surface area contributed by atoms with Gasteiger partial charge in [-0.25, -0.2) is 9.59 Å².